The van der Waals surface area contributed by atoms with Crippen LogP contribution in [0.25, 0.3) is 0 Å². The van der Waals surface area contributed by atoms with Gasteiger partial charge in [0.1, 0.15) is 0 Å². The van der Waals surface area contributed by atoms with Crippen LogP contribution in [-0.2, 0) is 11.4 Å². The summed E-state index contributed by atoms with van der Waals surface area (Å²) in [6.45, 7) is 1.89. The minimum atomic E-state index is -0.151. The lowest BCUT2D eigenvalue weighted by molar-refractivity contribution is 0.0330. The lowest BCUT2D eigenvalue weighted by Crippen LogP contribution is -2.44. The third-order valence-electron chi connectivity index (χ3n) is 4.04. The van der Waals surface area contributed by atoms with Crippen LogP contribution in [0.4, 0.5) is 4.79 Å². The first-order valence-electron chi connectivity index (χ1n) is 7.66. The van der Waals surface area contributed by atoms with E-state index in [1.165, 1.54) is 0 Å². The highest BCUT2D eigenvalue weighted by atomic mass is 16.7. The molecule has 3 rings (SSSR count). The van der Waals surface area contributed by atoms with Crippen molar-refractivity contribution in [3.05, 3.63) is 60.4 Å². The van der Waals surface area contributed by atoms with Crippen LogP contribution in [0.2, 0.25) is 0 Å². The van der Waals surface area contributed by atoms with E-state index in [2.05, 4.69) is 22.4 Å². The van der Waals surface area contributed by atoms with E-state index in [1.807, 2.05) is 47.4 Å². The second kappa shape index (κ2) is 7.13. The average molecular weight is 299 g/mol. The number of carbonyl (C=O) groups excluding carboxylic acids is 1. The van der Waals surface area contributed by atoms with Crippen molar-refractivity contribution < 1.29 is 9.63 Å². The largest absolute Gasteiger partial charge is 0.351 e. The summed E-state index contributed by atoms with van der Waals surface area (Å²) in [5, 5.41) is 0. The van der Waals surface area contributed by atoms with E-state index in [1.54, 1.807) is 0 Å². The van der Waals surface area contributed by atoms with Crippen molar-refractivity contribution >= 4 is 6.03 Å². The number of hydrogen-bond acceptors (Lipinski definition) is 2. The molecule has 22 heavy (non-hydrogen) atoms. The number of aromatic nitrogens is 1. The molecular formula is C17H21N3O2. The highest BCUT2D eigenvalue weighted by molar-refractivity contribution is 5.73. The van der Waals surface area contributed by atoms with E-state index in [9.17, 15) is 4.79 Å². The Morgan fingerprint density at radius 2 is 1.77 bits per heavy atom. The number of hydrogen-bond donors (Lipinski definition) is 1. The van der Waals surface area contributed by atoms with Gasteiger partial charge in [0, 0.05) is 31.5 Å². The maximum atomic E-state index is 12.1. The molecule has 5 heteroatoms. The standard InChI is InChI=1S/C17H21N3O2/c21-17(18-22-14-15-6-2-1-3-7-15)20-12-8-16(9-13-20)19-10-4-5-11-19/h1-7,10-11,16H,8-9,12-14H2,(H,18,21). The maximum absolute atomic E-state index is 12.1. The predicted molar refractivity (Wildman–Crippen MR) is 84.0 cm³/mol. The molecule has 0 saturated carbocycles. The van der Waals surface area contributed by atoms with Crippen molar-refractivity contribution in [3.8, 4) is 0 Å². The molecule has 1 aromatic carbocycles. The molecule has 1 N–H and O–H groups in total. The van der Waals surface area contributed by atoms with Crippen LogP contribution in [0.1, 0.15) is 24.4 Å². The molecule has 5 nitrogen and oxygen atoms in total. The number of urea groups is 1. The van der Waals surface area contributed by atoms with Crippen molar-refractivity contribution in [1.29, 1.82) is 0 Å². The third-order valence-corrected chi connectivity index (χ3v) is 4.04. The highest BCUT2D eigenvalue weighted by Gasteiger charge is 2.23. The molecule has 1 saturated heterocycles. The Kier molecular flexibility index (Phi) is 4.75. The van der Waals surface area contributed by atoms with Crippen molar-refractivity contribution in [2.45, 2.75) is 25.5 Å². The summed E-state index contributed by atoms with van der Waals surface area (Å²) in [5.41, 5.74) is 3.57. The molecule has 116 valence electrons. The Morgan fingerprint density at radius 1 is 1.09 bits per heavy atom. The van der Waals surface area contributed by atoms with Crippen molar-refractivity contribution in [2.24, 2.45) is 0 Å². The molecule has 0 unspecified atom stereocenters. The number of piperidine rings is 1. The number of nitrogens with zero attached hydrogens (tertiary/aromatic N) is 2. The molecule has 1 aromatic heterocycles. The number of nitrogens with one attached hydrogen (secondary N) is 1. The first-order valence-corrected chi connectivity index (χ1v) is 7.66. The van der Waals surface area contributed by atoms with Gasteiger partial charge in [-0.3, -0.25) is 4.84 Å². The monoisotopic (exact) mass is 299 g/mol. The van der Waals surface area contributed by atoms with Crippen LogP contribution in [-0.4, -0.2) is 28.6 Å². The SMILES string of the molecule is O=C(NOCc1ccccc1)N1CCC(n2cccc2)CC1. The lowest BCUT2D eigenvalue weighted by Gasteiger charge is -2.32. The lowest BCUT2D eigenvalue weighted by atomic mass is 10.1. The molecule has 0 bridgehead atoms. The summed E-state index contributed by atoms with van der Waals surface area (Å²) < 4.78 is 2.22. The Balaban J connectivity index is 1.40. The maximum Gasteiger partial charge on any atom is 0.341 e. The topological polar surface area (TPSA) is 46.5 Å². The number of likely N-dealkylation sites (tertiary alicyclic amines) is 1. The van der Waals surface area contributed by atoms with Gasteiger partial charge in [0.05, 0.1) is 6.61 Å². The summed E-state index contributed by atoms with van der Waals surface area (Å²) in [4.78, 5) is 19.2. The fraction of sp³-hybridized carbons (Fsp3) is 0.353. The van der Waals surface area contributed by atoms with Crippen molar-refractivity contribution in [3.63, 3.8) is 0 Å². The number of rotatable bonds is 4. The zero-order valence-corrected chi connectivity index (χ0v) is 12.5. The molecular weight excluding hydrogens is 278 g/mol. The van der Waals surface area contributed by atoms with Gasteiger partial charge < -0.3 is 9.47 Å². The van der Waals surface area contributed by atoms with Crippen LogP contribution >= 0.6 is 0 Å². The summed E-state index contributed by atoms with van der Waals surface area (Å²) in [7, 11) is 0. The van der Waals surface area contributed by atoms with Crippen LogP contribution in [0.3, 0.4) is 0 Å². The highest BCUT2D eigenvalue weighted by Crippen LogP contribution is 2.22. The summed E-state index contributed by atoms with van der Waals surface area (Å²) >= 11 is 0. The second-order valence-electron chi connectivity index (χ2n) is 5.53. The molecule has 1 aliphatic heterocycles. The van der Waals surface area contributed by atoms with Gasteiger partial charge >= 0.3 is 6.03 Å². The minimum absolute atomic E-state index is 0.151. The average Bonchev–Trinajstić information content (AvgIpc) is 3.10. The van der Waals surface area contributed by atoms with Crippen LogP contribution < -0.4 is 5.48 Å². The van der Waals surface area contributed by atoms with E-state index < -0.39 is 0 Å². The van der Waals surface area contributed by atoms with Gasteiger partial charge in [-0.25, -0.2) is 10.3 Å². The van der Waals surface area contributed by atoms with Gasteiger partial charge in [0.25, 0.3) is 0 Å². The van der Waals surface area contributed by atoms with E-state index in [0.29, 0.717) is 12.6 Å². The van der Waals surface area contributed by atoms with Gasteiger partial charge in [-0.05, 0) is 30.5 Å². The van der Waals surface area contributed by atoms with Gasteiger partial charge in [-0.2, -0.15) is 0 Å². The van der Waals surface area contributed by atoms with E-state index in [0.717, 1.165) is 31.5 Å². The Hall–Kier alpha value is -2.27. The van der Waals surface area contributed by atoms with Crippen LogP contribution in [0, 0.1) is 0 Å². The van der Waals surface area contributed by atoms with Crippen molar-refractivity contribution in [1.82, 2.24) is 14.9 Å². The molecule has 1 fully saturated rings. The molecule has 0 radical (unpaired) electrons. The molecule has 2 aromatic rings. The quantitative estimate of drug-likeness (QED) is 0.882. The van der Waals surface area contributed by atoms with Gasteiger partial charge in [0.2, 0.25) is 0 Å². The molecule has 2 heterocycles. The molecule has 2 amide bonds. The minimum Gasteiger partial charge on any atom is -0.351 e. The fourth-order valence-corrected chi connectivity index (χ4v) is 2.78. The van der Waals surface area contributed by atoms with Gasteiger partial charge in [0.15, 0.2) is 0 Å². The first-order chi connectivity index (χ1) is 10.8. The normalized spacial score (nSPS) is 15.7. The van der Waals surface area contributed by atoms with E-state index in [4.69, 9.17) is 4.84 Å². The Labute approximate surface area is 130 Å². The number of amides is 2. The van der Waals surface area contributed by atoms with Gasteiger partial charge in [-0.1, -0.05) is 30.3 Å². The van der Waals surface area contributed by atoms with Crippen LogP contribution in [0.5, 0.6) is 0 Å². The van der Waals surface area contributed by atoms with Crippen LogP contribution in [0.15, 0.2) is 54.9 Å². The van der Waals surface area contributed by atoms with Gasteiger partial charge in [-0.15, -0.1) is 0 Å². The first kappa shape index (κ1) is 14.7. The zero-order chi connectivity index (χ0) is 15.2. The molecule has 0 spiro atoms. The summed E-state index contributed by atoms with van der Waals surface area (Å²) in [5.74, 6) is 0. The number of hydroxylamine groups is 1. The summed E-state index contributed by atoms with van der Waals surface area (Å²) in [6.07, 6.45) is 6.12. The number of benzene rings is 1. The zero-order valence-electron chi connectivity index (χ0n) is 12.5. The second-order valence-corrected chi connectivity index (χ2v) is 5.53. The molecule has 1 aliphatic rings. The Bertz CT molecular complexity index is 575. The summed E-state index contributed by atoms with van der Waals surface area (Å²) in [6, 6.07) is 14.2. The number of carbonyl (C=O) groups is 1. The third kappa shape index (κ3) is 3.68. The Morgan fingerprint density at radius 3 is 2.45 bits per heavy atom. The molecule has 0 atom stereocenters. The predicted octanol–water partition coefficient (Wildman–Crippen LogP) is 2.97. The fourth-order valence-electron chi connectivity index (χ4n) is 2.78. The molecule has 0 aliphatic carbocycles. The van der Waals surface area contributed by atoms with Crippen molar-refractivity contribution in [2.75, 3.05) is 13.1 Å². The van der Waals surface area contributed by atoms with E-state index in [-0.39, 0.29) is 6.03 Å². The van der Waals surface area contributed by atoms with E-state index >= 15 is 0 Å². The smallest absolute Gasteiger partial charge is 0.341 e.